The lowest BCUT2D eigenvalue weighted by Gasteiger charge is -2.03. The summed E-state index contributed by atoms with van der Waals surface area (Å²) in [6, 6.07) is 0.694. The van der Waals surface area contributed by atoms with Crippen LogP contribution in [0.1, 0.15) is 33.1 Å². The lowest BCUT2D eigenvalue weighted by molar-refractivity contribution is -0.120. The Morgan fingerprint density at radius 2 is 2.23 bits per heavy atom. The minimum Gasteiger partial charge on any atom is -0.356 e. The SMILES string of the molecule is CCNC(=O)CCNC1CC1CC. The van der Waals surface area contributed by atoms with Gasteiger partial charge in [0, 0.05) is 25.6 Å². The van der Waals surface area contributed by atoms with Gasteiger partial charge in [0.2, 0.25) is 5.91 Å². The first kappa shape index (κ1) is 10.5. The van der Waals surface area contributed by atoms with E-state index in [2.05, 4.69) is 17.6 Å². The van der Waals surface area contributed by atoms with Crippen LogP contribution >= 0.6 is 0 Å². The summed E-state index contributed by atoms with van der Waals surface area (Å²) in [6.45, 7) is 5.72. The van der Waals surface area contributed by atoms with Crippen molar-refractivity contribution < 1.29 is 4.79 Å². The molecule has 13 heavy (non-hydrogen) atoms. The molecule has 1 rings (SSSR count). The molecule has 3 heteroatoms. The van der Waals surface area contributed by atoms with Gasteiger partial charge in [0.15, 0.2) is 0 Å². The zero-order valence-electron chi connectivity index (χ0n) is 8.60. The molecule has 2 unspecified atom stereocenters. The molecule has 1 amide bonds. The first-order valence-electron chi connectivity index (χ1n) is 5.28. The number of hydrogen-bond acceptors (Lipinski definition) is 2. The Morgan fingerprint density at radius 3 is 2.77 bits per heavy atom. The van der Waals surface area contributed by atoms with Crippen LogP contribution < -0.4 is 10.6 Å². The highest BCUT2D eigenvalue weighted by Gasteiger charge is 2.34. The highest BCUT2D eigenvalue weighted by molar-refractivity contribution is 5.75. The molecule has 0 aromatic carbocycles. The fraction of sp³-hybridized carbons (Fsp3) is 0.900. The predicted molar refractivity (Wildman–Crippen MR) is 53.5 cm³/mol. The van der Waals surface area contributed by atoms with E-state index in [-0.39, 0.29) is 5.91 Å². The summed E-state index contributed by atoms with van der Waals surface area (Å²) in [5, 5.41) is 6.17. The van der Waals surface area contributed by atoms with Gasteiger partial charge in [-0.25, -0.2) is 0 Å². The van der Waals surface area contributed by atoms with Crippen molar-refractivity contribution in [3.05, 3.63) is 0 Å². The molecule has 0 radical (unpaired) electrons. The maximum absolute atomic E-state index is 11.0. The molecule has 3 nitrogen and oxygen atoms in total. The molecule has 2 N–H and O–H groups in total. The van der Waals surface area contributed by atoms with Crippen molar-refractivity contribution in [1.29, 1.82) is 0 Å². The van der Waals surface area contributed by atoms with Crippen molar-refractivity contribution in [2.24, 2.45) is 5.92 Å². The van der Waals surface area contributed by atoms with Gasteiger partial charge in [0.25, 0.3) is 0 Å². The lowest BCUT2D eigenvalue weighted by Crippen LogP contribution is -2.28. The molecule has 1 aliphatic rings. The van der Waals surface area contributed by atoms with Crippen LogP contribution in [0.15, 0.2) is 0 Å². The van der Waals surface area contributed by atoms with Crippen LogP contribution in [0.25, 0.3) is 0 Å². The quantitative estimate of drug-likeness (QED) is 0.644. The van der Waals surface area contributed by atoms with Crippen molar-refractivity contribution in [1.82, 2.24) is 10.6 Å². The van der Waals surface area contributed by atoms with E-state index < -0.39 is 0 Å². The molecule has 76 valence electrons. The van der Waals surface area contributed by atoms with Gasteiger partial charge in [0.05, 0.1) is 0 Å². The average Bonchev–Trinajstić information content (AvgIpc) is 2.84. The van der Waals surface area contributed by atoms with Crippen LogP contribution in [0.4, 0.5) is 0 Å². The summed E-state index contributed by atoms with van der Waals surface area (Å²) < 4.78 is 0. The van der Waals surface area contributed by atoms with Gasteiger partial charge in [-0.1, -0.05) is 13.3 Å². The predicted octanol–water partition coefficient (Wildman–Crippen LogP) is 0.901. The minimum atomic E-state index is 0.156. The molecular formula is C10H20N2O. The Kier molecular flexibility index (Phi) is 4.22. The molecular weight excluding hydrogens is 164 g/mol. The number of rotatable bonds is 6. The second kappa shape index (κ2) is 5.22. The van der Waals surface area contributed by atoms with E-state index in [0.717, 1.165) is 19.0 Å². The van der Waals surface area contributed by atoms with Crippen LogP contribution in [-0.4, -0.2) is 25.0 Å². The molecule has 0 aliphatic heterocycles. The van der Waals surface area contributed by atoms with E-state index in [9.17, 15) is 4.79 Å². The van der Waals surface area contributed by atoms with E-state index in [1.165, 1.54) is 12.8 Å². The third kappa shape index (κ3) is 3.77. The monoisotopic (exact) mass is 184 g/mol. The zero-order valence-corrected chi connectivity index (χ0v) is 8.60. The summed E-state index contributed by atoms with van der Waals surface area (Å²) in [5.74, 6) is 1.03. The van der Waals surface area contributed by atoms with Crippen molar-refractivity contribution in [3.63, 3.8) is 0 Å². The van der Waals surface area contributed by atoms with Crippen LogP contribution in [-0.2, 0) is 4.79 Å². The Labute approximate surface area is 80.3 Å². The standard InChI is InChI=1S/C10H20N2O/c1-3-8-7-9(8)12-6-5-10(13)11-4-2/h8-9,12H,3-7H2,1-2H3,(H,11,13). The van der Waals surface area contributed by atoms with Gasteiger partial charge in [-0.05, 0) is 19.3 Å². The van der Waals surface area contributed by atoms with E-state index in [1.807, 2.05) is 6.92 Å². The summed E-state index contributed by atoms with van der Waals surface area (Å²) >= 11 is 0. The Balaban J connectivity index is 1.93. The average molecular weight is 184 g/mol. The van der Waals surface area contributed by atoms with E-state index in [4.69, 9.17) is 0 Å². The molecule has 1 saturated carbocycles. The van der Waals surface area contributed by atoms with Gasteiger partial charge < -0.3 is 10.6 Å². The number of amides is 1. The Bertz CT molecular complexity index is 170. The first-order valence-corrected chi connectivity index (χ1v) is 5.28. The minimum absolute atomic E-state index is 0.156. The molecule has 1 fully saturated rings. The maximum atomic E-state index is 11.0. The van der Waals surface area contributed by atoms with Gasteiger partial charge in [0.1, 0.15) is 0 Å². The van der Waals surface area contributed by atoms with E-state index in [0.29, 0.717) is 12.5 Å². The van der Waals surface area contributed by atoms with Gasteiger partial charge in [-0.3, -0.25) is 4.79 Å². The smallest absolute Gasteiger partial charge is 0.221 e. The van der Waals surface area contributed by atoms with Crippen LogP contribution in [0, 0.1) is 5.92 Å². The van der Waals surface area contributed by atoms with E-state index >= 15 is 0 Å². The molecule has 0 aromatic rings. The molecule has 2 atom stereocenters. The summed E-state index contributed by atoms with van der Waals surface area (Å²) in [7, 11) is 0. The molecule has 0 aromatic heterocycles. The maximum Gasteiger partial charge on any atom is 0.221 e. The van der Waals surface area contributed by atoms with Crippen LogP contribution in [0.5, 0.6) is 0 Å². The van der Waals surface area contributed by atoms with Gasteiger partial charge >= 0.3 is 0 Å². The summed E-state index contributed by atoms with van der Waals surface area (Å²) in [4.78, 5) is 11.0. The Hall–Kier alpha value is -0.570. The van der Waals surface area contributed by atoms with Crippen molar-refractivity contribution >= 4 is 5.91 Å². The zero-order chi connectivity index (χ0) is 9.68. The third-order valence-electron chi connectivity index (χ3n) is 2.58. The molecule has 0 spiro atoms. The number of nitrogens with one attached hydrogen (secondary N) is 2. The van der Waals surface area contributed by atoms with Crippen LogP contribution in [0.3, 0.4) is 0 Å². The fourth-order valence-corrected chi connectivity index (χ4v) is 1.61. The first-order chi connectivity index (χ1) is 6.27. The highest BCUT2D eigenvalue weighted by atomic mass is 16.1. The van der Waals surface area contributed by atoms with Crippen molar-refractivity contribution in [3.8, 4) is 0 Å². The fourth-order valence-electron chi connectivity index (χ4n) is 1.61. The largest absolute Gasteiger partial charge is 0.356 e. The lowest BCUT2D eigenvalue weighted by atomic mass is 10.3. The molecule has 1 aliphatic carbocycles. The van der Waals surface area contributed by atoms with Gasteiger partial charge in [-0.2, -0.15) is 0 Å². The highest BCUT2D eigenvalue weighted by Crippen LogP contribution is 2.32. The molecule has 0 saturated heterocycles. The number of carbonyl (C=O) groups is 1. The molecule has 0 heterocycles. The van der Waals surface area contributed by atoms with Crippen molar-refractivity contribution in [2.75, 3.05) is 13.1 Å². The summed E-state index contributed by atoms with van der Waals surface area (Å²) in [5.41, 5.74) is 0. The Morgan fingerprint density at radius 1 is 1.46 bits per heavy atom. The second-order valence-electron chi connectivity index (χ2n) is 3.67. The third-order valence-corrected chi connectivity index (χ3v) is 2.58. The van der Waals surface area contributed by atoms with Crippen molar-refractivity contribution in [2.45, 2.75) is 39.2 Å². The van der Waals surface area contributed by atoms with E-state index in [1.54, 1.807) is 0 Å². The summed E-state index contributed by atoms with van der Waals surface area (Å²) in [6.07, 6.45) is 3.17. The number of carbonyl (C=O) groups excluding carboxylic acids is 1. The topological polar surface area (TPSA) is 41.1 Å². The number of hydrogen-bond donors (Lipinski definition) is 2. The second-order valence-corrected chi connectivity index (χ2v) is 3.67. The van der Waals surface area contributed by atoms with Crippen LogP contribution in [0.2, 0.25) is 0 Å². The normalized spacial score (nSPS) is 25.7. The van der Waals surface area contributed by atoms with Gasteiger partial charge in [-0.15, -0.1) is 0 Å². The molecule has 0 bridgehead atoms.